The summed E-state index contributed by atoms with van der Waals surface area (Å²) in [7, 11) is 0. The van der Waals surface area contributed by atoms with Crippen LogP contribution >= 0.6 is 0 Å². The average molecular weight is 273 g/mol. The highest BCUT2D eigenvalue weighted by Crippen LogP contribution is 2.30. The first kappa shape index (κ1) is 12.2. The van der Waals surface area contributed by atoms with Gasteiger partial charge in [-0.2, -0.15) is 0 Å². The first-order chi connectivity index (χ1) is 10.3. The summed E-state index contributed by atoms with van der Waals surface area (Å²) in [5.74, 6) is 0.105. The summed E-state index contributed by atoms with van der Waals surface area (Å²) in [5, 5.41) is 2.30. The summed E-state index contributed by atoms with van der Waals surface area (Å²) >= 11 is 0. The maximum absolute atomic E-state index is 12.8. The molecule has 0 spiro atoms. The van der Waals surface area contributed by atoms with Gasteiger partial charge in [0, 0.05) is 17.5 Å². The molecule has 1 aliphatic heterocycles. The second-order valence-corrected chi connectivity index (χ2v) is 5.36. The summed E-state index contributed by atoms with van der Waals surface area (Å²) in [4.78, 5) is 14.7. The Labute approximate surface area is 123 Å². The van der Waals surface area contributed by atoms with Crippen LogP contribution in [0.4, 0.5) is 5.69 Å². The smallest absolute Gasteiger partial charge is 0.258 e. The fourth-order valence-electron chi connectivity index (χ4n) is 3.10. The summed E-state index contributed by atoms with van der Waals surface area (Å²) < 4.78 is 0. The Balaban J connectivity index is 1.86. The molecule has 1 heterocycles. The van der Waals surface area contributed by atoms with Crippen LogP contribution in [0.1, 0.15) is 15.9 Å². The molecule has 4 rings (SSSR count). The highest BCUT2D eigenvalue weighted by Gasteiger charge is 2.25. The number of carbonyl (C=O) groups is 1. The molecule has 1 aliphatic rings. The molecule has 0 saturated carbocycles. The molecule has 102 valence electrons. The van der Waals surface area contributed by atoms with Crippen LogP contribution in [-0.2, 0) is 6.42 Å². The van der Waals surface area contributed by atoms with Gasteiger partial charge in [-0.1, -0.05) is 54.6 Å². The molecule has 0 bridgehead atoms. The molecular formula is C19H15NO. The van der Waals surface area contributed by atoms with E-state index in [1.165, 1.54) is 5.39 Å². The zero-order chi connectivity index (χ0) is 14.2. The molecule has 3 aromatic rings. The Morgan fingerprint density at radius 2 is 1.57 bits per heavy atom. The van der Waals surface area contributed by atoms with Gasteiger partial charge < -0.3 is 4.90 Å². The van der Waals surface area contributed by atoms with Crippen LogP contribution in [0.15, 0.2) is 66.7 Å². The summed E-state index contributed by atoms with van der Waals surface area (Å²) in [5.41, 5.74) is 2.99. The topological polar surface area (TPSA) is 20.3 Å². The molecule has 0 aliphatic carbocycles. The van der Waals surface area contributed by atoms with Crippen molar-refractivity contribution >= 4 is 22.4 Å². The Kier molecular flexibility index (Phi) is 2.74. The zero-order valence-electron chi connectivity index (χ0n) is 11.6. The lowest BCUT2D eigenvalue weighted by Crippen LogP contribution is -2.37. The minimum absolute atomic E-state index is 0.105. The number of carbonyl (C=O) groups excluding carboxylic acids is 1. The van der Waals surface area contributed by atoms with E-state index >= 15 is 0 Å². The molecule has 0 saturated heterocycles. The van der Waals surface area contributed by atoms with Crippen molar-refractivity contribution < 1.29 is 4.79 Å². The van der Waals surface area contributed by atoms with Crippen molar-refractivity contribution in [2.45, 2.75) is 6.42 Å². The van der Waals surface area contributed by atoms with Gasteiger partial charge in [0.25, 0.3) is 5.91 Å². The first-order valence-corrected chi connectivity index (χ1v) is 7.22. The minimum Gasteiger partial charge on any atom is -0.307 e. The maximum atomic E-state index is 12.8. The number of fused-ring (bicyclic) bond motifs is 2. The SMILES string of the molecule is O=C1c2ccccc2CCN1c1cccc2ccccc12. The lowest BCUT2D eigenvalue weighted by atomic mass is 9.97. The molecule has 0 N–H and O–H groups in total. The van der Waals surface area contributed by atoms with Gasteiger partial charge in [-0.15, -0.1) is 0 Å². The van der Waals surface area contributed by atoms with Crippen molar-refractivity contribution in [3.63, 3.8) is 0 Å². The third-order valence-corrected chi connectivity index (χ3v) is 4.16. The van der Waals surface area contributed by atoms with Crippen LogP contribution in [0.2, 0.25) is 0 Å². The minimum atomic E-state index is 0.105. The van der Waals surface area contributed by atoms with Crippen LogP contribution in [0.5, 0.6) is 0 Å². The third-order valence-electron chi connectivity index (χ3n) is 4.16. The van der Waals surface area contributed by atoms with Gasteiger partial charge in [0.05, 0.1) is 5.69 Å². The summed E-state index contributed by atoms with van der Waals surface area (Å²) in [6.45, 7) is 0.740. The zero-order valence-corrected chi connectivity index (χ0v) is 11.6. The van der Waals surface area contributed by atoms with Gasteiger partial charge in [0.15, 0.2) is 0 Å². The summed E-state index contributed by atoms with van der Waals surface area (Å²) in [6.07, 6.45) is 0.908. The predicted molar refractivity (Wildman–Crippen MR) is 85.8 cm³/mol. The average Bonchev–Trinajstić information content (AvgIpc) is 2.55. The Morgan fingerprint density at radius 1 is 0.810 bits per heavy atom. The van der Waals surface area contributed by atoms with Gasteiger partial charge in [-0.3, -0.25) is 4.79 Å². The number of anilines is 1. The molecule has 0 unspecified atom stereocenters. The van der Waals surface area contributed by atoms with Crippen molar-refractivity contribution in [2.24, 2.45) is 0 Å². The molecule has 1 amide bonds. The van der Waals surface area contributed by atoms with E-state index in [-0.39, 0.29) is 5.91 Å². The molecule has 2 nitrogen and oxygen atoms in total. The van der Waals surface area contributed by atoms with E-state index in [1.54, 1.807) is 0 Å². The van der Waals surface area contributed by atoms with Gasteiger partial charge in [0.1, 0.15) is 0 Å². The van der Waals surface area contributed by atoms with E-state index in [4.69, 9.17) is 0 Å². The van der Waals surface area contributed by atoms with Gasteiger partial charge in [0.2, 0.25) is 0 Å². The molecule has 0 fully saturated rings. The molecule has 0 aromatic heterocycles. The van der Waals surface area contributed by atoms with E-state index in [0.29, 0.717) is 0 Å². The van der Waals surface area contributed by atoms with E-state index in [9.17, 15) is 4.79 Å². The van der Waals surface area contributed by atoms with Crippen LogP contribution in [0, 0.1) is 0 Å². The highest BCUT2D eigenvalue weighted by atomic mass is 16.2. The van der Waals surface area contributed by atoms with E-state index in [1.807, 2.05) is 53.4 Å². The molecule has 0 radical (unpaired) electrons. The van der Waals surface area contributed by atoms with Crippen LogP contribution < -0.4 is 4.90 Å². The van der Waals surface area contributed by atoms with Crippen LogP contribution in [0.3, 0.4) is 0 Å². The van der Waals surface area contributed by atoms with Crippen LogP contribution in [-0.4, -0.2) is 12.5 Å². The van der Waals surface area contributed by atoms with Gasteiger partial charge in [-0.05, 0) is 29.5 Å². The Bertz CT molecular complexity index is 832. The fourth-order valence-corrected chi connectivity index (χ4v) is 3.10. The first-order valence-electron chi connectivity index (χ1n) is 7.22. The van der Waals surface area contributed by atoms with Crippen molar-refractivity contribution in [3.05, 3.63) is 77.9 Å². The number of rotatable bonds is 1. The standard InChI is InChI=1S/C19H15NO/c21-19-17-10-4-2-7-15(17)12-13-20(19)18-11-5-8-14-6-1-3-9-16(14)18/h1-11H,12-13H2. The molecule has 21 heavy (non-hydrogen) atoms. The second-order valence-electron chi connectivity index (χ2n) is 5.36. The number of amides is 1. The monoisotopic (exact) mass is 273 g/mol. The normalized spacial score (nSPS) is 14.3. The molecule has 0 atom stereocenters. The lowest BCUT2D eigenvalue weighted by molar-refractivity contribution is 0.0981. The Hall–Kier alpha value is -2.61. The molecule has 2 heteroatoms. The molecular weight excluding hydrogens is 258 g/mol. The largest absolute Gasteiger partial charge is 0.307 e. The number of hydrogen-bond acceptors (Lipinski definition) is 1. The number of hydrogen-bond donors (Lipinski definition) is 0. The van der Waals surface area contributed by atoms with Crippen LogP contribution in [0.25, 0.3) is 10.8 Å². The highest BCUT2D eigenvalue weighted by molar-refractivity contribution is 6.12. The molecule has 3 aromatic carbocycles. The lowest BCUT2D eigenvalue weighted by Gasteiger charge is -2.29. The van der Waals surface area contributed by atoms with Crippen molar-refractivity contribution in [1.82, 2.24) is 0 Å². The van der Waals surface area contributed by atoms with Crippen molar-refractivity contribution in [1.29, 1.82) is 0 Å². The second kappa shape index (κ2) is 4.74. The van der Waals surface area contributed by atoms with Gasteiger partial charge >= 0.3 is 0 Å². The van der Waals surface area contributed by atoms with Crippen molar-refractivity contribution in [3.8, 4) is 0 Å². The van der Waals surface area contributed by atoms with Crippen molar-refractivity contribution in [2.75, 3.05) is 11.4 Å². The quantitative estimate of drug-likeness (QED) is 0.655. The predicted octanol–water partition coefficient (Wildman–Crippen LogP) is 4.04. The third kappa shape index (κ3) is 1.91. The van der Waals surface area contributed by atoms with Gasteiger partial charge in [-0.25, -0.2) is 0 Å². The van der Waals surface area contributed by atoms with E-state index in [2.05, 4.69) is 18.2 Å². The fraction of sp³-hybridized carbons (Fsp3) is 0.105. The Morgan fingerprint density at radius 3 is 2.52 bits per heavy atom. The number of nitrogens with zero attached hydrogens (tertiary/aromatic N) is 1. The maximum Gasteiger partial charge on any atom is 0.258 e. The summed E-state index contributed by atoms with van der Waals surface area (Å²) in [6, 6.07) is 22.3. The number of benzene rings is 3. The van der Waals surface area contributed by atoms with E-state index in [0.717, 1.165) is 35.2 Å². The van der Waals surface area contributed by atoms with E-state index < -0.39 is 0 Å².